The number of nitrogens with zero attached hydrogens (tertiary/aromatic N) is 3. The summed E-state index contributed by atoms with van der Waals surface area (Å²) in [6, 6.07) is 11.6. The number of piperidine rings is 1. The number of hydrogen-bond acceptors (Lipinski definition) is 4. The zero-order chi connectivity index (χ0) is 19.3. The van der Waals surface area contributed by atoms with Gasteiger partial charge in [0.1, 0.15) is 6.54 Å². The first-order chi connectivity index (χ1) is 13.7. The number of nitrogens with one attached hydrogen (secondary N) is 2. The molecule has 0 aliphatic carbocycles. The largest absolute Gasteiger partial charge is 0.351 e. The molecule has 3 aromatic rings. The van der Waals surface area contributed by atoms with Crippen molar-refractivity contribution >= 4 is 17.5 Å². The van der Waals surface area contributed by atoms with Crippen molar-refractivity contribution in [3.63, 3.8) is 0 Å². The standard InChI is InChI=1S/C21H22ClN5O/c22-17-5-3-15(4-6-17)20-21(16-7-10-23-11-8-16)27(14-25-20)13-19(28)26-18-2-1-9-24-12-18/h3-8,10-11,14,18,24H,1-2,9,12-13H2,(H,26,28)/t18-/m0/s1. The quantitative estimate of drug-likeness (QED) is 0.696. The molecule has 1 aliphatic rings. The van der Waals surface area contributed by atoms with E-state index in [2.05, 4.69) is 20.6 Å². The first-order valence-electron chi connectivity index (χ1n) is 9.42. The number of amides is 1. The first-order valence-corrected chi connectivity index (χ1v) is 9.80. The summed E-state index contributed by atoms with van der Waals surface area (Å²) >= 11 is 6.03. The maximum Gasteiger partial charge on any atom is 0.240 e. The minimum atomic E-state index is -0.0101. The lowest BCUT2D eigenvalue weighted by Gasteiger charge is -2.24. The van der Waals surface area contributed by atoms with Gasteiger partial charge in [-0.25, -0.2) is 4.98 Å². The summed E-state index contributed by atoms with van der Waals surface area (Å²) in [5, 5.41) is 7.12. The number of aromatic nitrogens is 3. The molecule has 0 spiro atoms. The van der Waals surface area contributed by atoms with Crippen LogP contribution >= 0.6 is 11.6 Å². The average molecular weight is 396 g/mol. The zero-order valence-corrected chi connectivity index (χ0v) is 16.2. The van der Waals surface area contributed by atoms with Gasteiger partial charge < -0.3 is 15.2 Å². The molecule has 4 rings (SSSR count). The number of halogens is 1. The van der Waals surface area contributed by atoms with Crippen LogP contribution in [0.2, 0.25) is 5.02 Å². The Kier molecular flexibility index (Phi) is 5.69. The van der Waals surface area contributed by atoms with Crippen LogP contribution in [0.1, 0.15) is 12.8 Å². The number of benzene rings is 1. The van der Waals surface area contributed by atoms with Gasteiger partial charge in [0, 0.05) is 41.1 Å². The first kappa shape index (κ1) is 18.7. The van der Waals surface area contributed by atoms with Crippen molar-refractivity contribution in [1.82, 2.24) is 25.2 Å². The Hall–Kier alpha value is -2.70. The van der Waals surface area contributed by atoms with Gasteiger partial charge in [-0.15, -0.1) is 0 Å². The molecule has 6 nitrogen and oxygen atoms in total. The van der Waals surface area contributed by atoms with E-state index in [0.717, 1.165) is 48.4 Å². The molecule has 2 aromatic heterocycles. The van der Waals surface area contributed by atoms with E-state index in [9.17, 15) is 4.79 Å². The van der Waals surface area contributed by atoms with E-state index in [1.54, 1.807) is 18.7 Å². The van der Waals surface area contributed by atoms with Crippen molar-refractivity contribution in [2.24, 2.45) is 0 Å². The highest BCUT2D eigenvalue weighted by atomic mass is 35.5. The summed E-state index contributed by atoms with van der Waals surface area (Å²) in [6.07, 6.45) is 7.30. The number of carbonyl (C=O) groups is 1. The third kappa shape index (κ3) is 4.24. The molecule has 1 saturated heterocycles. The van der Waals surface area contributed by atoms with Crippen LogP contribution in [-0.4, -0.2) is 39.6 Å². The molecule has 1 atom stereocenters. The molecule has 0 radical (unpaired) electrons. The van der Waals surface area contributed by atoms with Crippen LogP contribution in [0.3, 0.4) is 0 Å². The molecule has 144 valence electrons. The number of rotatable bonds is 5. The smallest absolute Gasteiger partial charge is 0.240 e. The van der Waals surface area contributed by atoms with E-state index >= 15 is 0 Å². The number of pyridine rings is 1. The summed E-state index contributed by atoms with van der Waals surface area (Å²) in [6.45, 7) is 2.06. The second-order valence-corrected chi connectivity index (χ2v) is 7.36. The van der Waals surface area contributed by atoms with Crippen LogP contribution in [-0.2, 0) is 11.3 Å². The molecule has 1 aromatic carbocycles. The minimum Gasteiger partial charge on any atom is -0.351 e. The van der Waals surface area contributed by atoms with Gasteiger partial charge in [0.2, 0.25) is 5.91 Å². The molecule has 1 fully saturated rings. The van der Waals surface area contributed by atoms with Crippen LogP contribution in [0.15, 0.2) is 55.1 Å². The van der Waals surface area contributed by atoms with Gasteiger partial charge in [-0.1, -0.05) is 23.7 Å². The number of carbonyl (C=O) groups excluding carboxylic acids is 1. The summed E-state index contributed by atoms with van der Waals surface area (Å²) in [5.41, 5.74) is 3.62. The van der Waals surface area contributed by atoms with E-state index in [-0.39, 0.29) is 18.5 Å². The molecule has 1 aliphatic heterocycles. The van der Waals surface area contributed by atoms with Crippen molar-refractivity contribution in [1.29, 1.82) is 0 Å². The highest BCUT2D eigenvalue weighted by Gasteiger charge is 2.19. The molecule has 1 amide bonds. The fraction of sp³-hybridized carbons (Fsp3) is 0.286. The zero-order valence-electron chi connectivity index (χ0n) is 15.4. The normalized spacial score (nSPS) is 16.7. The van der Waals surface area contributed by atoms with E-state index in [1.165, 1.54) is 0 Å². The third-order valence-corrected chi connectivity index (χ3v) is 5.14. The van der Waals surface area contributed by atoms with Gasteiger partial charge in [-0.2, -0.15) is 0 Å². The van der Waals surface area contributed by atoms with Crippen LogP contribution < -0.4 is 10.6 Å². The fourth-order valence-corrected chi connectivity index (χ4v) is 3.66. The van der Waals surface area contributed by atoms with Crippen LogP contribution in [0, 0.1) is 0 Å². The maximum absolute atomic E-state index is 12.6. The summed E-state index contributed by atoms with van der Waals surface area (Å²) in [4.78, 5) is 21.3. The molecule has 0 unspecified atom stereocenters. The van der Waals surface area contributed by atoms with Crippen molar-refractivity contribution in [3.8, 4) is 22.5 Å². The van der Waals surface area contributed by atoms with Gasteiger partial charge >= 0.3 is 0 Å². The lowest BCUT2D eigenvalue weighted by atomic mass is 10.1. The molecule has 7 heteroatoms. The number of hydrogen-bond donors (Lipinski definition) is 2. The van der Waals surface area contributed by atoms with Gasteiger partial charge in [0.25, 0.3) is 0 Å². The van der Waals surface area contributed by atoms with E-state index in [4.69, 9.17) is 11.6 Å². The van der Waals surface area contributed by atoms with Gasteiger partial charge in [-0.05, 0) is 43.7 Å². The Morgan fingerprint density at radius 1 is 1.18 bits per heavy atom. The fourth-order valence-electron chi connectivity index (χ4n) is 3.54. The Bertz CT molecular complexity index is 933. The lowest BCUT2D eigenvalue weighted by molar-refractivity contribution is -0.122. The Balaban J connectivity index is 1.63. The topological polar surface area (TPSA) is 71.8 Å². The molecule has 0 saturated carbocycles. The molecule has 2 N–H and O–H groups in total. The molecular weight excluding hydrogens is 374 g/mol. The predicted octanol–water partition coefficient (Wildman–Crippen LogP) is 3.13. The van der Waals surface area contributed by atoms with Crippen LogP contribution in [0.4, 0.5) is 0 Å². The highest BCUT2D eigenvalue weighted by Crippen LogP contribution is 2.31. The van der Waals surface area contributed by atoms with Gasteiger partial charge in [0.05, 0.1) is 17.7 Å². The maximum atomic E-state index is 12.6. The molecule has 3 heterocycles. The SMILES string of the molecule is O=C(Cn1cnc(-c2ccc(Cl)cc2)c1-c1ccncc1)N[C@H]1CCCNC1. The highest BCUT2D eigenvalue weighted by molar-refractivity contribution is 6.30. The minimum absolute atomic E-state index is 0.0101. The monoisotopic (exact) mass is 395 g/mol. The second-order valence-electron chi connectivity index (χ2n) is 6.92. The molecular formula is C21H22ClN5O. The predicted molar refractivity (Wildman–Crippen MR) is 110 cm³/mol. The van der Waals surface area contributed by atoms with E-state index in [1.807, 2.05) is 41.0 Å². The molecule has 0 bridgehead atoms. The van der Waals surface area contributed by atoms with Gasteiger partial charge in [-0.3, -0.25) is 9.78 Å². The van der Waals surface area contributed by atoms with Gasteiger partial charge in [0.15, 0.2) is 0 Å². The third-order valence-electron chi connectivity index (χ3n) is 4.89. The second kappa shape index (κ2) is 8.54. The Labute approximate surface area is 169 Å². The summed E-state index contributed by atoms with van der Waals surface area (Å²) in [7, 11) is 0. The van der Waals surface area contributed by atoms with E-state index in [0.29, 0.717) is 5.02 Å². The summed E-state index contributed by atoms with van der Waals surface area (Å²) < 4.78 is 1.89. The van der Waals surface area contributed by atoms with Crippen LogP contribution in [0.25, 0.3) is 22.5 Å². The molecule has 28 heavy (non-hydrogen) atoms. The van der Waals surface area contributed by atoms with Crippen molar-refractivity contribution in [2.45, 2.75) is 25.4 Å². The Morgan fingerprint density at radius 3 is 2.68 bits per heavy atom. The average Bonchev–Trinajstić information content (AvgIpc) is 3.13. The number of imidazole rings is 1. The van der Waals surface area contributed by atoms with E-state index < -0.39 is 0 Å². The van der Waals surface area contributed by atoms with Crippen molar-refractivity contribution < 1.29 is 4.79 Å². The van der Waals surface area contributed by atoms with Crippen molar-refractivity contribution in [3.05, 3.63) is 60.1 Å². The Morgan fingerprint density at radius 2 is 1.96 bits per heavy atom. The van der Waals surface area contributed by atoms with Crippen molar-refractivity contribution in [2.75, 3.05) is 13.1 Å². The summed E-state index contributed by atoms with van der Waals surface area (Å²) in [5.74, 6) is -0.0101. The van der Waals surface area contributed by atoms with Crippen LogP contribution in [0.5, 0.6) is 0 Å². The lowest BCUT2D eigenvalue weighted by Crippen LogP contribution is -2.46.